The van der Waals surface area contributed by atoms with Crippen LogP contribution in [0, 0.1) is 6.92 Å². The number of benzene rings is 1. The number of aromatic nitrogens is 4. The van der Waals surface area contributed by atoms with Crippen molar-refractivity contribution in [3.8, 4) is 0 Å². The number of H-pyrrole nitrogens is 1. The highest BCUT2D eigenvalue weighted by molar-refractivity contribution is 7.92. The van der Waals surface area contributed by atoms with Crippen LogP contribution < -0.4 is 10.3 Å². The summed E-state index contributed by atoms with van der Waals surface area (Å²) >= 11 is 11.9. The van der Waals surface area contributed by atoms with Crippen molar-refractivity contribution in [2.24, 2.45) is 0 Å². The molecule has 11 heteroatoms. The molecule has 3 aromatic rings. The molecule has 0 unspecified atom stereocenters. The number of halogens is 2. The highest BCUT2D eigenvalue weighted by atomic mass is 35.5. The van der Waals surface area contributed by atoms with Gasteiger partial charge in [0.2, 0.25) is 0 Å². The topological polar surface area (TPSA) is 109 Å². The Kier molecular flexibility index (Phi) is 3.78. The fourth-order valence-corrected chi connectivity index (χ4v) is 3.47. The summed E-state index contributed by atoms with van der Waals surface area (Å²) < 4.78 is 28.0. The molecule has 0 saturated carbocycles. The Morgan fingerprint density at radius 2 is 1.87 bits per heavy atom. The largest absolute Gasteiger partial charge is 0.297 e. The first kappa shape index (κ1) is 15.8. The molecule has 2 heterocycles. The molecule has 0 atom stereocenters. The van der Waals surface area contributed by atoms with Crippen LogP contribution >= 0.6 is 23.2 Å². The fourth-order valence-electron chi connectivity index (χ4n) is 1.87. The molecule has 0 amide bonds. The first-order valence-corrected chi connectivity index (χ1v) is 8.45. The number of nitrogens with one attached hydrogen (secondary N) is 2. The van der Waals surface area contributed by atoms with Crippen molar-refractivity contribution < 1.29 is 8.42 Å². The number of hydrogen-bond acceptors (Lipinski definition) is 5. The van der Waals surface area contributed by atoms with Gasteiger partial charge in [-0.2, -0.15) is 17.9 Å². The van der Waals surface area contributed by atoms with E-state index in [9.17, 15) is 13.2 Å². The lowest BCUT2D eigenvalue weighted by atomic mass is 10.3. The van der Waals surface area contributed by atoms with E-state index in [1.807, 2.05) is 0 Å². The van der Waals surface area contributed by atoms with E-state index in [-0.39, 0.29) is 21.5 Å². The quantitative estimate of drug-likeness (QED) is 0.727. The SMILES string of the molecule is Cc1cc(=O)n2[nH]c(S(=O)(=O)Nc3c(Cl)cccc3Cl)nc2n1. The molecule has 8 nitrogen and oxygen atoms in total. The van der Waals surface area contributed by atoms with Crippen molar-refractivity contribution in [2.75, 3.05) is 4.72 Å². The molecule has 2 N–H and O–H groups in total. The van der Waals surface area contributed by atoms with Crippen LogP contribution in [0.15, 0.2) is 34.2 Å². The second-order valence-corrected chi connectivity index (χ2v) is 7.01. The second kappa shape index (κ2) is 5.52. The number of rotatable bonds is 3. The van der Waals surface area contributed by atoms with Gasteiger partial charge >= 0.3 is 0 Å². The molecule has 3 rings (SSSR count). The highest BCUT2D eigenvalue weighted by Crippen LogP contribution is 2.31. The van der Waals surface area contributed by atoms with E-state index >= 15 is 0 Å². The van der Waals surface area contributed by atoms with E-state index in [1.54, 1.807) is 13.0 Å². The fraction of sp³-hybridized carbons (Fsp3) is 0.0833. The smallest absolute Gasteiger partial charge is 0.274 e. The molecule has 0 spiro atoms. The van der Waals surface area contributed by atoms with Crippen LogP contribution in [-0.4, -0.2) is 28.0 Å². The van der Waals surface area contributed by atoms with Crippen LogP contribution in [0.2, 0.25) is 10.0 Å². The molecule has 0 aliphatic rings. The number of anilines is 1. The van der Waals surface area contributed by atoms with Crippen LogP contribution in [0.25, 0.3) is 5.78 Å². The summed E-state index contributed by atoms with van der Waals surface area (Å²) in [5.74, 6) is -0.0550. The van der Waals surface area contributed by atoms with E-state index in [1.165, 1.54) is 18.2 Å². The minimum absolute atomic E-state index is 0.0211. The number of para-hydroxylation sites is 1. The van der Waals surface area contributed by atoms with Crippen molar-refractivity contribution in [3.05, 3.63) is 50.4 Å². The zero-order chi connectivity index (χ0) is 16.8. The van der Waals surface area contributed by atoms with Crippen LogP contribution in [0.4, 0.5) is 5.69 Å². The Morgan fingerprint density at radius 1 is 1.22 bits per heavy atom. The van der Waals surface area contributed by atoms with Crippen molar-refractivity contribution >= 4 is 44.7 Å². The third-order valence-electron chi connectivity index (χ3n) is 2.89. The molecule has 1 aromatic carbocycles. The van der Waals surface area contributed by atoms with Gasteiger partial charge in [-0.15, -0.1) is 0 Å². The Labute approximate surface area is 140 Å². The molecular weight excluding hydrogens is 365 g/mol. The molecule has 0 saturated heterocycles. The number of aryl methyl sites for hydroxylation is 1. The standard InChI is InChI=1S/C12H9Cl2N5O3S/c1-6-5-9(20)19-11(15-6)16-12(17-19)23(21,22)18-10-7(13)3-2-4-8(10)14/h2-5,18H,1H3,(H,15,16,17). The zero-order valence-electron chi connectivity index (χ0n) is 11.5. The van der Waals surface area contributed by atoms with Crippen molar-refractivity contribution in [1.29, 1.82) is 0 Å². The second-order valence-electron chi connectivity index (χ2n) is 4.60. The zero-order valence-corrected chi connectivity index (χ0v) is 13.9. The third-order valence-corrected chi connectivity index (χ3v) is 4.69. The maximum atomic E-state index is 12.4. The first-order valence-electron chi connectivity index (χ1n) is 6.21. The van der Waals surface area contributed by atoms with Gasteiger partial charge in [0.05, 0.1) is 15.7 Å². The van der Waals surface area contributed by atoms with Crippen molar-refractivity contribution in [1.82, 2.24) is 19.6 Å². The Bertz CT molecular complexity index is 1050. The average molecular weight is 374 g/mol. The van der Waals surface area contributed by atoms with E-state index in [2.05, 4.69) is 19.8 Å². The summed E-state index contributed by atoms with van der Waals surface area (Å²) in [5, 5.41) is 2.16. The van der Waals surface area contributed by atoms with Gasteiger partial charge in [-0.05, 0) is 19.1 Å². The highest BCUT2D eigenvalue weighted by Gasteiger charge is 2.22. The number of sulfonamides is 1. The van der Waals surface area contributed by atoms with Gasteiger partial charge in [0.25, 0.3) is 26.5 Å². The predicted molar refractivity (Wildman–Crippen MR) is 85.6 cm³/mol. The van der Waals surface area contributed by atoms with Crippen LogP contribution in [0.5, 0.6) is 0 Å². The lowest BCUT2D eigenvalue weighted by Gasteiger charge is -2.08. The average Bonchev–Trinajstić information content (AvgIpc) is 2.88. The minimum atomic E-state index is -4.14. The Hall–Kier alpha value is -2.10. The molecule has 0 aliphatic heterocycles. The number of aromatic amines is 1. The number of hydrogen-bond donors (Lipinski definition) is 2. The molecule has 120 valence electrons. The molecule has 0 radical (unpaired) electrons. The summed E-state index contributed by atoms with van der Waals surface area (Å²) in [6.07, 6.45) is 0. The maximum Gasteiger partial charge on any atom is 0.297 e. The summed E-state index contributed by atoms with van der Waals surface area (Å²) in [4.78, 5) is 19.6. The maximum absolute atomic E-state index is 12.4. The molecule has 0 aliphatic carbocycles. The molecule has 23 heavy (non-hydrogen) atoms. The van der Waals surface area contributed by atoms with E-state index in [4.69, 9.17) is 23.2 Å². The summed E-state index contributed by atoms with van der Waals surface area (Å²) in [7, 11) is -4.14. The predicted octanol–water partition coefficient (Wildman–Crippen LogP) is 1.83. The molecule has 2 aromatic heterocycles. The van der Waals surface area contributed by atoms with Crippen LogP contribution in [0.1, 0.15) is 5.69 Å². The summed E-state index contributed by atoms with van der Waals surface area (Å²) in [6.45, 7) is 1.60. The van der Waals surface area contributed by atoms with E-state index < -0.39 is 20.7 Å². The van der Waals surface area contributed by atoms with Crippen LogP contribution in [-0.2, 0) is 10.0 Å². The summed E-state index contributed by atoms with van der Waals surface area (Å²) in [6, 6.07) is 5.80. The minimum Gasteiger partial charge on any atom is -0.274 e. The monoisotopic (exact) mass is 373 g/mol. The van der Waals surface area contributed by atoms with Gasteiger partial charge in [0.15, 0.2) is 0 Å². The third kappa shape index (κ3) is 2.90. The van der Waals surface area contributed by atoms with Crippen LogP contribution in [0.3, 0.4) is 0 Å². The normalized spacial score (nSPS) is 11.8. The number of fused-ring (bicyclic) bond motifs is 1. The Morgan fingerprint density at radius 3 is 2.52 bits per heavy atom. The first-order chi connectivity index (χ1) is 10.8. The van der Waals surface area contributed by atoms with Gasteiger partial charge in [-0.1, -0.05) is 29.3 Å². The Balaban J connectivity index is 2.10. The lowest BCUT2D eigenvalue weighted by molar-refractivity contribution is 0.592. The molecule has 0 bridgehead atoms. The van der Waals surface area contributed by atoms with Gasteiger partial charge in [0, 0.05) is 11.8 Å². The van der Waals surface area contributed by atoms with E-state index in [0.29, 0.717) is 5.69 Å². The van der Waals surface area contributed by atoms with Gasteiger partial charge in [-0.25, -0.2) is 4.98 Å². The van der Waals surface area contributed by atoms with Gasteiger partial charge < -0.3 is 0 Å². The van der Waals surface area contributed by atoms with E-state index in [0.717, 1.165) is 4.52 Å². The number of nitrogens with zero attached hydrogens (tertiary/aromatic N) is 3. The van der Waals surface area contributed by atoms with Gasteiger partial charge in [0.1, 0.15) is 0 Å². The van der Waals surface area contributed by atoms with Gasteiger partial charge in [-0.3, -0.25) is 14.6 Å². The van der Waals surface area contributed by atoms with Crippen molar-refractivity contribution in [2.45, 2.75) is 12.1 Å². The lowest BCUT2D eigenvalue weighted by Crippen LogP contribution is -2.17. The molecular formula is C12H9Cl2N5O3S. The molecule has 0 fully saturated rings. The van der Waals surface area contributed by atoms with Crippen molar-refractivity contribution in [3.63, 3.8) is 0 Å². The summed E-state index contributed by atoms with van der Waals surface area (Å²) in [5.41, 5.74) is -0.0300.